The molecule has 0 unspecified atom stereocenters. The standard InChI is InChI=1S/C31H42N4O5/c1-31(2,3)17-29(36)35(19-22-6-5-7-25(14-22)38-4)24-16-26(30(37)33-12-10-32-11-13-33)34(20-24)18-23-8-9-27-28(15-23)40-21-39-27/h5-9,14-15,24,26,32H,10-13,16-21H2,1-4H3/t24-,26-/m1/s1. The van der Waals surface area contributed by atoms with Gasteiger partial charge >= 0.3 is 0 Å². The number of hydrogen-bond donors (Lipinski definition) is 1. The van der Waals surface area contributed by atoms with Gasteiger partial charge in [0.15, 0.2) is 11.5 Å². The summed E-state index contributed by atoms with van der Waals surface area (Å²) < 4.78 is 16.6. The molecular weight excluding hydrogens is 508 g/mol. The maximum atomic E-state index is 13.9. The number of rotatable bonds is 8. The molecule has 0 aliphatic carbocycles. The van der Waals surface area contributed by atoms with Gasteiger partial charge in [0.25, 0.3) is 0 Å². The Kier molecular flexibility index (Phi) is 8.51. The first-order valence-corrected chi connectivity index (χ1v) is 14.2. The number of likely N-dealkylation sites (tertiary alicyclic amines) is 1. The number of nitrogens with zero attached hydrogens (tertiary/aromatic N) is 3. The molecule has 2 aromatic carbocycles. The predicted octanol–water partition coefficient (Wildman–Crippen LogP) is 3.26. The van der Waals surface area contributed by atoms with Gasteiger partial charge in [-0.25, -0.2) is 0 Å². The molecule has 3 aliphatic rings. The first-order valence-electron chi connectivity index (χ1n) is 14.2. The van der Waals surface area contributed by atoms with E-state index in [2.05, 4.69) is 31.0 Å². The van der Waals surface area contributed by atoms with E-state index in [0.717, 1.165) is 41.5 Å². The van der Waals surface area contributed by atoms with Crippen molar-refractivity contribution in [3.8, 4) is 17.2 Å². The molecule has 0 saturated carbocycles. The van der Waals surface area contributed by atoms with Crippen molar-refractivity contribution in [2.75, 3.05) is 46.6 Å². The van der Waals surface area contributed by atoms with Crippen molar-refractivity contribution in [2.45, 2.75) is 58.8 Å². The number of amides is 2. The number of carbonyl (C=O) groups excluding carboxylic acids is 2. The first-order chi connectivity index (χ1) is 19.2. The maximum absolute atomic E-state index is 13.9. The fraction of sp³-hybridized carbons (Fsp3) is 0.548. The summed E-state index contributed by atoms with van der Waals surface area (Å²) in [5.74, 6) is 2.50. The zero-order chi connectivity index (χ0) is 28.3. The molecule has 1 N–H and O–H groups in total. The number of fused-ring (bicyclic) bond motifs is 1. The largest absolute Gasteiger partial charge is 0.497 e. The van der Waals surface area contributed by atoms with Crippen molar-refractivity contribution in [3.63, 3.8) is 0 Å². The van der Waals surface area contributed by atoms with Crippen molar-refractivity contribution < 1.29 is 23.8 Å². The Morgan fingerprint density at radius 3 is 2.58 bits per heavy atom. The quantitative estimate of drug-likeness (QED) is 0.540. The molecule has 3 aliphatic heterocycles. The van der Waals surface area contributed by atoms with Crippen LogP contribution >= 0.6 is 0 Å². The highest BCUT2D eigenvalue weighted by atomic mass is 16.7. The number of nitrogens with one attached hydrogen (secondary N) is 1. The number of piperazine rings is 1. The van der Waals surface area contributed by atoms with Crippen LogP contribution in [0.5, 0.6) is 17.2 Å². The molecule has 2 saturated heterocycles. The summed E-state index contributed by atoms with van der Waals surface area (Å²) in [6.45, 7) is 11.2. The van der Waals surface area contributed by atoms with Gasteiger partial charge in [-0.05, 0) is 47.2 Å². The van der Waals surface area contributed by atoms with E-state index in [1.165, 1.54) is 0 Å². The van der Waals surface area contributed by atoms with E-state index in [1.54, 1.807) is 7.11 Å². The number of carbonyl (C=O) groups is 2. The molecule has 2 atom stereocenters. The van der Waals surface area contributed by atoms with Crippen LogP contribution in [0.25, 0.3) is 0 Å². The molecule has 5 rings (SSSR count). The second-order valence-electron chi connectivity index (χ2n) is 12.2. The summed E-state index contributed by atoms with van der Waals surface area (Å²) in [7, 11) is 1.65. The Morgan fingerprint density at radius 2 is 1.82 bits per heavy atom. The molecule has 0 radical (unpaired) electrons. The zero-order valence-electron chi connectivity index (χ0n) is 24.2. The molecule has 216 valence electrons. The minimum atomic E-state index is -0.302. The lowest BCUT2D eigenvalue weighted by atomic mass is 9.91. The van der Waals surface area contributed by atoms with Crippen LogP contribution in [0.2, 0.25) is 0 Å². The van der Waals surface area contributed by atoms with Crippen LogP contribution in [0, 0.1) is 5.41 Å². The maximum Gasteiger partial charge on any atom is 0.240 e. The third-order valence-corrected chi connectivity index (χ3v) is 7.85. The fourth-order valence-electron chi connectivity index (χ4n) is 5.85. The summed E-state index contributed by atoms with van der Waals surface area (Å²) >= 11 is 0. The molecule has 40 heavy (non-hydrogen) atoms. The topological polar surface area (TPSA) is 83.6 Å². The Bertz CT molecular complexity index is 1210. The molecular formula is C31H42N4O5. The third kappa shape index (κ3) is 6.70. The van der Waals surface area contributed by atoms with Crippen LogP contribution in [0.15, 0.2) is 42.5 Å². The van der Waals surface area contributed by atoms with Gasteiger partial charge in [-0.2, -0.15) is 0 Å². The number of methoxy groups -OCH3 is 1. The molecule has 9 heteroatoms. The van der Waals surface area contributed by atoms with Crippen molar-refractivity contribution in [1.29, 1.82) is 0 Å². The minimum Gasteiger partial charge on any atom is -0.497 e. The van der Waals surface area contributed by atoms with Crippen molar-refractivity contribution >= 4 is 11.8 Å². The highest BCUT2D eigenvalue weighted by molar-refractivity contribution is 5.83. The molecule has 2 aromatic rings. The average molecular weight is 551 g/mol. The normalized spacial score (nSPS) is 20.9. The van der Waals surface area contributed by atoms with Crippen LogP contribution in [-0.2, 0) is 22.7 Å². The van der Waals surface area contributed by atoms with Crippen molar-refractivity contribution in [1.82, 2.24) is 20.0 Å². The van der Waals surface area contributed by atoms with Crippen LogP contribution in [0.3, 0.4) is 0 Å². The Hall–Kier alpha value is -3.30. The first kappa shape index (κ1) is 28.2. The van der Waals surface area contributed by atoms with Crippen molar-refractivity contribution in [3.05, 3.63) is 53.6 Å². The fourth-order valence-corrected chi connectivity index (χ4v) is 5.85. The lowest BCUT2D eigenvalue weighted by Crippen LogP contribution is -2.52. The zero-order valence-corrected chi connectivity index (χ0v) is 24.2. The lowest BCUT2D eigenvalue weighted by Gasteiger charge is -2.33. The Morgan fingerprint density at radius 1 is 1.05 bits per heavy atom. The van der Waals surface area contributed by atoms with Gasteiger partial charge in [-0.3, -0.25) is 14.5 Å². The number of benzene rings is 2. The second-order valence-corrected chi connectivity index (χ2v) is 12.2. The SMILES string of the molecule is COc1cccc(CN(C(=O)CC(C)(C)C)[C@@H]2C[C@H](C(=O)N3CCNCC3)N(Cc3ccc4c(c3)OCO4)C2)c1. The Labute approximate surface area is 237 Å². The van der Waals surface area contributed by atoms with Gasteiger partial charge in [-0.15, -0.1) is 0 Å². The number of hydrogen-bond acceptors (Lipinski definition) is 7. The van der Waals surface area contributed by atoms with E-state index in [1.807, 2.05) is 52.3 Å². The molecule has 0 spiro atoms. The number of ether oxygens (including phenoxy) is 3. The van der Waals surface area contributed by atoms with Crippen molar-refractivity contribution in [2.24, 2.45) is 5.41 Å². The van der Waals surface area contributed by atoms with Gasteiger partial charge < -0.3 is 29.3 Å². The molecule has 2 fully saturated rings. The summed E-state index contributed by atoms with van der Waals surface area (Å²) in [6, 6.07) is 13.5. The van der Waals surface area contributed by atoms with E-state index < -0.39 is 0 Å². The predicted molar refractivity (Wildman–Crippen MR) is 152 cm³/mol. The van der Waals surface area contributed by atoms with Crippen LogP contribution in [-0.4, -0.2) is 85.2 Å². The summed E-state index contributed by atoms with van der Waals surface area (Å²) in [6.07, 6.45) is 1.04. The molecule has 9 nitrogen and oxygen atoms in total. The van der Waals surface area contributed by atoms with Crippen LogP contribution < -0.4 is 19.5 Å². The van der Waals surface area contributed by atoms with E-state index in [-0.39, 0.29) is 36.1 Å². The average Bonchev–Trinajstić information content (AvgIpc) is 3.58. The summed E-state index contributed by atoms with van der Waals surface area (Å²) in [5, 5.41) is 3.34. The molecule has 3 heterocycles. The summed E-state index contributed by atoms with van der Waals surface area (Å²) in [4.78, 5) is 33.9. The smallest absolute Gasteiger partial charge is 0.240 e. The van der Waals surface area contributed by atoms with Gasteiger partial charge in [0.05, 0.1) is 13.2 Å². The van der Waals surface area contributed by atoms with E-state index in [4.69, 9.17) is 14.2 Å². The van der Waals surface area contributed by atoms with Gasteiger partial charge in [0.2, 0.25) is 18.6 Å². The Balaban J connectivity index is 1.42. The van der Waals surface area contributed by atoms with Gasteiger partial charge in [-0.1, -0.05) is 39.0 Å². The van der Waals surface area contributed by atoms with Crippen LogP contribution in [0.4, 0.5) is 0 Å². The summed E-state index contributed by atoms with van der Waals surface area (Å²) in [5.41, 5.74) is 1.93. The lowest BCUT2D eigenvalue weighted by molar-refractivity contribution is -0.138. The van der Waals surface area contributed by atoms with E-state index in [0.29, 0.717) is 45.6 Å². The van der Waals surface area contributed by atoms with Crippen LogP contribution in [0.1, 0.15) is 44.7 Å². The van der Waals surface area contributed by atoms with Gasteiger partial charge in [0.1, 0.15) is 5.75 Å². The third-order valence-electron chi connectivity index (χ3n) is 7.85. The molecule has 2 amide bonds. The molecule has 0 bridgehead atoms. The van der Waals surface area contributed by atoms with E-state index >= 15 is 0 Å². The molecule has 0 aromatic heterocycles. The van der Waals surface area contributed by atoms with E-state index in [9.17, 15) is 9.59 Å². The monoisotopic (exact) mass is 550 g/mol. The second kappa shape index (κ2) is 12.1. The minimum absolute atomic E-state index is 0.0908. The highest BCUT2D eigenvalue weighted by Crippen LogP contribution is 2.35. The van der Waals surface area contributed by atoms with Gasteiger partial charge in [0, 0.05) is 58.3 Å². The highest BCUT2D eigenvalue weighted by Gasteiger charge is 2.42.